The third kappa shape index (κ3) is 10.9. The van der Waals surface area contributed by atoms with Crippen LogP contribution < -0.4 is 0 Å². The molecule has 0 saturated heterocycles. The molecule has 1 nitrogen and oxygen atoms in total. The van der Waals surface area contributed by atoms with Crippen LogP contribution in [0.3, 0.4) is 0 Å². The summed E-state index contributed by atoms with van der Waals surface area (Å²) in [5.41, 5.74) is 0. The van der Waals surface area contributed by atoms with Gasteiger partial charge in [-0.05, 0) is 19.1 Å². The summed E-state index contributed by atoms with van der Waals surface area (Å²) in [6.45, 7) is 2.48. The summed E-state index contributed by atoms with van der Waals surface area (Å²) in [5, 5.41) is 0. The molecule has 0 saturated carbocycles. The first-order valence-corrected chi connectivity index (χ1v) is 2.48. The summed E-state index contributed by atoms with van der Waals surface area (Å²) in [4.78, 5) is 0. The summed E-state index contributed by atoms with van der Waals surface area (Å²) in [6, 6.07) is 0. The van der Waals surface area contributed by atoms with Crippen molar-refractivity contribution in [2.24, 2.45) is 0 Å². The van der Waals surface area contributed by atoms with Gasteiger partial charge in [-0.1, -0.05) is 12.6 Å². The van der Waals surface area contributed by atoms with Crippen LogP contribution in [-0.4, -0.2) is 11.0 Å². The minimum Gasteiger partial charge on any atom is -0.479 e. The number of thiocarbonyl (C=S) groups is 1. The summed E-state index contributed by atoms with van der Waals surface area (Å²) in [7, 11) is 0. The standard InChI is InChI=1S/C3H6OS2.Au/c1-2-4-3(5)6;/h2H2,1H3,(H,5,6);. The van der Waals surface area contributed by atoms with Crippen LogP contribution in [0.15, 0.2) is 0 Å². The second-order valence-corrected chi connectivity index (χ2v) is 1.78. The van der Waals surface area contributed by atoms with E-state index in [0.717, 1.165) is 0 Å². The van der Waals surface area contributed by atoms with Gasteiger partial charge in [-0.3, -0.25) is 0 Å². The fraction of sp³-hybridized carbons (Fsp3) is 0.667. The molecule has 4 heteroatoms. The topological polar surface area (TPSA) is 9.23 Å². The molecule has 0 amide bonds. The zero-order valence-corrected chi connectivity index (χ0v) is 7.65. The first-order chi connectivity index (χ1) is 2.77. The van der Waals surface area contributed by atoms with Gasteiger partial charge in [-0.25, -0.2) is 0 Å². The molecule has 0 atom stereocenters. The molecule has 0 aliphatic heterocycles. The number of thiol groups is 1. The van der Waals surface area contributed by atoms with Gasteiger partial charge in [0.2, 0.25) is 4.38 Å². The summed E-state index contributed by atoms with van der Waals surface area (Å²) < 4.78 is 4.95. The molecule has 47 valence electrons. The van der Waals surface area contributed by atoms with Crippen LogP contribution in [0, 0.1) is 0 Å². The van der Waals surface area contributed by atoms with Crippen molar-refractivity contribution in [1.29, 1.82) is 0 Å². The molecule has 7 heavy (non-hydrogen) atoms. The van der Waals surface area contributed by atoms with Gasteiger partial charge in [0, 0.05) is 22.4 Å². The quantitative estimate of drug-likeness (QED) is 0.442. The van der Waals surface area contributed by atoms with E-state index in [1.54, 1.807) is 0 Å². The largest absolute Gasteiger partial charge is 0.479 e. The number of hydrogen-bond donors (Lipinski definition) is 1. The zero-order valence-electron chi connectivity index (χ0n) is 3.77. The molecule has 0 rings (SSSR count). The van der Waals surface area contributed by atoms with E-state index >= 15 is 0 Å². The van der Waals surface area contributed by atoms with Gasteiger partial charge >= 0.3 is 0 Å². The Morgan fingerprint density at radius 2 is 2.29 bits per heavy atom. The van der Waals surface area contributed by atoms with Crippen molar-refractivity contribution in [2.75, 3.05) is 6.61 Å². The molecular weight excluding hydrogens is 313 g/mol. The summed E-state index contributed by atoms with van der Waals surface area (Å²) in [6.07, 6.45) is 0. The predicted octanol–water partition coefficient (Wildman–Crippen LogP) is 1.24. The first kappa shape index (κ1) is 10.9. The molecule has 0 aromatic rings. The van der Waals surface area contributed by atoms with Gasteiger partial charge in [0.1, 0.15) is 0 Å². The third-order valence-electron chi connectivity index (χ3n) is 0.268. The van der Waals surface area contributed by atoms with Gasteiger partial charge < -0.3 is 4.74 Å². The Labute approximate surface area is 69.7 Å². The fourth-order valence-corrected chi connectivity index (χ4v) is 0.370. The summed E-state index contributed by atoms with van der Waals surface area (Å²) in [5.74, 6) is 0. The number of ether oxygens (including phenoxy) is 1. The maximum absolute atomic E-state index is 4.64. The van der Waals surface area contributed by atoms with Gasteiger partial charge in [0.15, 0.2) is 0 Å². The van der Waals surface area contributed by atoms with E-state index in [-0.39, 0.29) is 22.4 Å². The molecule has 0 N–H and O–H groups in total. The van der Waals surface area contributed by atoms with Crippen LogP contribution in [0.5, 0.6) is 0 Å². The monoisotopic (exact) mass is 319 g/mol. The van der Waals surface area contributed by atoms with Crippen LogP contribution in [0.4, 0.5) is 0 Å². The maximum atomic E-state index is 4.64. The van der Waals surface area contributed by atoms with Crippen LogP contribution in [0.1, 0.15) is 6.92 Å². The van der Waals surface area contributed by atoms with Crippen LogP contribution in [-0.2, 0) is 27.1 Å². The zero-order chi connectivity index (χ0) is 4.99. The van der Waals surface area contributed by atoms with Crippen molar-refractivity contribution in [2.45, 2.75) is 6.92 Å². The fourth-order valence-electron chi connectivity index (χ4n) is 0.123. The van der Waals surface area contributed by atoms with Gasteiger partial charge in [0.05, 0.1) is 6.61 Å². The van der Waals surface area contributed by atoms with Crippen molar-refractivity contribution in [3.63, 3.8) is 0 Å². The summed E-state index contributed by atoms with van der Waals surface area (Å²) >= 11 is 8.12. The first-order valence-electron chi connectivity index (χ1n) is 1.63. The second kappa shape index (κ2) is 6.98. The molecular formula is C3H6AuOS2. The molecule has 0 aliphatic carbocycles. The van der Waals surface area contributed by atoms with E-state index in [0.29, 0.717) is 11.0 Å². The van der Waals surface area contributed by atoms with E-state index in [1.807, 2.05) is 6.92 Å². The predicted molar refractivity (Wildman–Crippen MR) is 33.2 cm³/mol. The Hall–Kier alpha value is 0.980. The van der Waals surface area contributed by atoms with E-state index in [1.165, 1.54) is 0 Å². The minimum absolute atomic E-state index is 0. The molecule has 0 unspecified atom stereocenters. The van der Waals surface area contributed by atoms with Gasteiger partial charge in [0.25, 0.3) is 0 Å². The Bertz CT molecular complexity index is 56.9. The normalized spacial score (nSPS) is 6.57. The number of rotatable bonds is 1. The molecule has 0 spiro atoms. The Morgan fingerprint density at radius 1 is 1.86 bits per heavy atom. The molecule has 0 aliphatic rings. The van der Waals surface area contributed by atoms with Crippen molar-refractivity contribution in [3.8, 4) is 0 Å². The van der Waals surface area contributed by atoms with Crippen LogP contribution >= 0.6 is 24.8 Å². The molecule has 0 heterocycles. The molecule has 0 fully saturated rings. The SMILES string of the molecule is CCOC(=S)S.[Au]. The smallest absolute Gasteiger partial charge is 0.216 e. The minimum atomic E-state index is 0. The average Bonchev–Trinajstić information content (AvgIpc) is 1.35. The third-order valence-corrected chi connectivity index (χ3v) is 0.515. The van der Waals surface area contributed by atoms with Crippen LogP contribution in [0.25, 0.3) is 0 Å². The van der Waals surface area contributed by atoms with Crippen molar-refractivity contribution < 1.29 is 27.1 Å². The van der Waals surface area contributed by atoms with Crippen molar-refractivity contribution in [3.05, 3.63) is 0 Å². The molecule has 0 aromatic heterocycles. The van der Waals surface area contributed by atoms with E-state index in [4.69, 9.17) is 0 Å². The number of hydrogen-bond acceptors (Lipinski definition) is 2. The van der Waals surface area contributed by atoms with Gasteiger partial charge in [-0.2, -0.15) is 0 Å². The molecule has 1 radical (unpaired) electrons. The molecule has 0 bridgehead atoms. The maximum Gasteiger partial charge on any atom is 0.216 e. The van der Waals surface area contributed by atoms with Gasteiger partial charge in [-0.15, -0.1) is 0 Å². The molecule has 0 aromatic carbocycles. The van der Waals surface area contributed by atoms with E-state index in [9.17, 15) is 0 Å². The Kier molecular flexibility index (Phi) is 10.8. The van der Waals surface area contributed by atoms with Crippen LogP contribution in [0.2, 0.25) is 0 Å². The average molecular weight is 319 g/mol. The van der Waals surface area contributed by atoms with Crippen molar-refractivity contribution in [1.82, 2.24) is 0 Å². The second-order valence-electron chi connectivity index (χ2n) is 0.699. The van der Waals surface area contributed by atoms with Crippen molar-refractivity contribution >= 4 is 29.2 Å². The van der Waals surface area contributed by atoms with E-state index < -0.39 is 0 Å². The Morgan fingerprint density at radius 3 is 2.29 bits per heavy atom. The van der Waals surface area contributed by atoms with E-state index in [2.05, 4.69) is 29.6 Å². The Balaban J connectivity index is 0.